The first-order valence-corrected chi connectivity index (χ1v) is 8.27. The van der Waals surface area contributed by atoms with Crippen molar-refractivity contribution < 1.29 is 19.1 Å². The quantitative estimate of drug-likeness (QED) is 0.509. The van der Waals surface area contributed by atoms with Gasteiger partial charge in [0, 0.05) is 25.9 Å². The summed E-state index contributed by atoms with van der Waals surface area (Å²) in [5.74, 6) is 0.172. The van der Waals surface area contributed by atoms with Gasteiger partial charge in [0.1, 0.15) is 5.82 Å². The van der Waals surface area contributed by atoms with Crippen LogP contribution in [0.3, 0.4) is 0 Å². The molecule has 0 aliphatic rings. The van der Waals surface area contributed by atoms with Gasteiger partial charge in [0.05, 0.1) is 17.9 Å². The lowest BCUT2D eigenvalue weighted by molar-refractivity contribution is 0.112. The molecule has 1 aromatic carbocycles. The molecule has 9 heteroatoms. The van der Waals surface area contributed by atoms with Crippen LogP contribution in [0.15, 0.2) is 42.6 Å². The van der Waals surface area contributed by atoms with Crippen LogP contribution in [0, 0.1) is 0 Å². The molecular weight excluding hydrogens is 350 g/mol. The van der Waals surface area contributed by atoms with Gasteiger partial charge in [-0.25, -0.2) is 25.0 Å². The molecule has 0 fully saturated rings. The standard InChI is InChI=1S/C18H21N5O4/c1-3-27-18(26)23(19-2)15-9-16(20-11-14(15)12-24)22-17(25)21-10-13-7-5-4-6-8-13/h4-9,11-12,19H,3,10H2,1-2H3,(H2,20,21,22,25). The van der Waals surface area contributed by atoms with E-state index in [1.807, 2.05) is 30.3 Å². The summed E-state index contributed by atoms with van der Waals surface area (Å²) in [5, 5.41) is 6.33. The number of nitrogens with zero attached hydrogens (tertiary/aromatic N) is 2. The summed E-state index contributed by atoms with van der Waals surface area (Å²) in [4.78, 5) is 39.4. The van der Waals surface area contributed by atoms with E-state index in [2.05, 4.69) is 21.0 Å². The zero-order chi connectivity index (χ0) is 19.6. The van der Waals surface area contributed by atoms with Crippen molar-refractivity contribution in [1.82, 2.24) is 15.7 Å². The maximum Gasteiger partial charge on any atom is 0.429 e. The maximum atomic E-state index is 12.1. The summed E-state index contributed by atoms with van der Waals surface area (Å²) in [6.07, 6.45) is 1.14. The minimum Gasteiger partial charge on any atom is -0.449 e. The molecule has 142 valence electrons. The first kappa shape index (κ1) is 19.9. The monoisotopic (exact) mass is 371 g/mol. The van der Waals surface area contributed by atoms with Gasteiger partial charge in [0.25, 0.3) is 0 Å². The second-order valence-corrected chi connectivity index (χ2v) is 5.30. The highest BCUT2D eigenvalue weighted by molar-refractivity contribution is 5.96. The van der Waals surface area contributed by atoms with E-state index in [0.29, 0.717) is 12.8 Å². The Morgan fingerprint density at radius 1 is 1.26 bits per heavy atom. The van der Waals surface area contributed by atoms with Crippen molar-refractivity contribution in [2.45, 2.75) is 13.5 Å². The van der Waals surface area contributed by atoms with Crippen molar-refractivity contribution in [3.05, 3.63) is 53.7 Å². The first-order chi connectivity index (χ1) is 13.1. The molecule has 0 saturated carbocycles. The van der Waals surface area contributed by atoms with Gasteiger partial charge in [-0.2, -0.15) is 0 Å². The number of hydrogen-bond donors (Lipinski definition) is 3. The number of nitrogens with one attached hydrogen (secondary N) is 3. The molecule has 3 N–H and O–H groups in total. The van der Waals surface area contributed by atoms with E-state index in [9.17, 15) is 14.4 Å². The number of amides is 3. The van der Waals surface area contributed by atoms with Crippen molar-refractivity contribution in [2.24, 2.45) is 0 Å². The van der Waals surface area contributed by atoms with Crippen LogP contribution in [0.25, 0.3) is 0 Å². The summed E-state index contributed by atoms with van der Waals surface area (Å²) >= 11 is 0. The second kappa shape index (κ2) is 9.88. The van der Waals surface area contributed by atoms with Gasteiger partial charge in [-0.3, -0.25) is 10.1 Å². The first-order valence-electron chi connectivity index (χ1n) is 8.27. The highest BCUT2D eigenvalue weighted by Gasteiger charge is 2.20. The fraction of sp³-hybridized carbons (Fsp3) is 0.222. The van der Waals surface area contributed by atoms with Crippen LogP contribution in [0.2, 0.25) is 0 Å². The van der Waals surface area contributed by atoms with E-state index in [4.69, 9.17) is 4.74 Å². The second-order valence-electron chi connectivity index (χ2n) is 5.30. The summed E-state index contributed by atoms with van der Waals surface area (Å²) in [7, 11) is 1.51. The molecule has 2 aromatic rings. The molecule has 0 bridgehead atoms. The third-order valence-corrected chi connectivity index (χ3v) is 3.49. The number of ether oxygens (including phenoxy) is 1. The lowest BCUT2D eigenvalue weighted by atomic mass is 10.2. The molecule has 0 radical (unpaired) electrons. The number of rotatable bonds is 7. The zero-order valence-electron chi connectivity index (χ0n) is 15.1. The molecule has 0 spiro atoms. The molecule has 3 amide bonds. The maximum absolute atomic E-state index is 12.1. The molecule has 1 heterocycles. The molecule has 1 aromatic heterocycles. The average Bonchev–Trinajstić information content (AvgIpc) is 2.68. The van der Waals surface area contributed by atoms with E-state index >= 15 is 0 Å². The van der Waals surface area contributed by atoms with Crippen LogP contribution in [0.1, 0.15) is 22.8 Å². The van der Waals surface area contributed by atoms with Gasteiger partial charge < -0.3 is 10.1 Å². The van der Waals surface area contributed by atoms with Gasteiger partial charge in [-0.15, -0.1) is 0 Å². The Labute approximate surface area is 156 Å². The van der Waals surface area contributed by atoms with E-state index in [0.717, 1.165) is 10.6 Å². The van der Waals surface area contributed by atoms with Crippen molar-refractivity contribution in [3.63, 3.8) is 0 Å². The normalized spacial score (nSPS) is 10.0. The number of hydrogen-bond acceptors (Lipinski definition) is 6. The van der Waals surface area contributed by atoms with Crippen molar-refractivity contribution in [3.8, 4) is 0 Å². The number of urea groups is 1. The number of carbonyl (C=O) groups is 3. The largest absolute Gasteiger partial charge is 0.449 e. The minimum atomic E-state index is -0.686. The van der Waals surface area contributed by atoms with E-state index in [1.165, 1.54) is 19.3 Å². The van der Waals surface area contributed by atoms with Gasteiger partial charge in [0.2, 0.25) is 0 Å². The Kier molecular flexibility index (Phi) is 7.26. The Hall–Kier alpha value is -3.46. The zero-order valence-corrected chi connectivity index (χ0v) is 15.1. The molecule has 0 aliphatic heterocycles. The number of pyridine rings is 1. The SMILES string of the molecule is CCOC(=O)N(NC)c1cc(NC(=O)NCc2ccccc2)ncc1C=O. The number of aldehydes is 1. The highest BCUT2D eigenvalue weighted by atomic mass is 16.6. The fourth-order valence-corrected chi connectivity index (χ4v) is 2.24. The smallest absolute Gasteiger partial charge is 0.429 e. The summed E-state index contributed by atoms with van der Waals surface area (Å²) < 4.78 is 4.95. The predicted octanol–water partition coefficient (Wildman–Crippen LogP) is 2.31. The molecule has 0 atom stereocenters. The van der Waals surface area contributed by atoms with Crippen LogP contribution >= 0.6 is 0 Å². The molecule has 0 aliphatic carbocycles. The van der Waals surface area contributed by atoms with Crippen molar-refractivity contribution in [1.29, 1.82) is 0 Å². The Morgan fingerprint density at radius 2 is 2.00 bits per heavy atom. The Balaban J connectivity index is 2.12. The number of benzene rings is 1. The van der Waals surface area contributed by atoms with Gasteiger partial charge in [0.15, 0.2) is 6.29 Å². The third-order valence-electron chi connectivity index (χ3n) is 3.49. The molecular formula is C18H21N5O4. The van der Waals surface area contributed by atoms with E-state index in [1.54, 1.807) is 6.92 Å². The average molecular weight is 371 g/mol. The Bertz CT molecular complexity index is 798. The molecule has 9 nitrogen and oxygen atoms in total. The molecule has 27 heavy (non-hydrogen) atoms. The summed E-state index contributed by atoms with van der Waals surface area (Å²) in [6.45, 7) is 2.19. The van der Waals surface area contributed by atoms with Crippen LogP contribution in [-0.4, -0.2) is 37.0 Å². The number of carbonyl (C=O) groups excluding carboxylic acids is 3. The highest BCUT2D eigenvalue weighted by Crippen LogP contribution is 2.21. The Morgan fingerprint density at radius 3 is 2.63 bits per heavy atom. The fourth-order valence-electron chi connectivity index (χ4n) is 2.24. The van der Waals surface area contributed by atoms with Crippen molar-refractivity contribution >= 4 is 29.9 Å². The minimum absolute atomic E-state index is 0.160. The molecule has 0 unspecified atom stereocenters. The van der Waals surface area contributed by atoms with E-state index in [-0.39, 0.29) is 23.7 Å². The predicted molar refractivity (Wildman–Crippen MR) is 100 cm³/mol. The van der Waals surface area contributed by atoms with Gasteiger partial charge in [-0.05, 0) is 12.5 Å². The lowest BCUT2D eigenvalue weighted by Gasteiger charge is -2.22. The van der Waals surface area contributed by atoms with Crippen LogP contribution < -0.4 is 21.1 Å². The lowest BCUT2D eigenvalue weighted by Crippen LogP contribution is -2.41. The van der Waals surface area contributed by atoms with Gasteiger partial charge in [-0.1, -0.05) is 30.3 Å². The van der Waals surface area contributed by atoms with E-state index < -0.39 is 12.1 Å². The molecule has 0 saturated heterocycles. The summed E-state index contributed by atoms with van der Waals surface area (Å²) in [5.41, 5.74) is 3.96. The third kappa shape index (κ3) is 5.51. The van der Waals surface area contributed by atoms with Crippen LogP contribution in [-0.2, 0) is 11.3 Å². The van der Waals surface area contributed by atoms with Crippen molar-refractivity contribution in [2.75, 3.05) is 24.0 Å². The number of anilines is 2. The number of aromatic nitrogens is 1. The molecule has 2 rings (SSSR count). The van der Waals surface area contributed by atoms with Crippen LogP contribution in [0.4, 0.5) is 21.1 Å². The van der Waals surface area contributed by atoms with Gasteiger partial charge >= 0.3 is 12.1 Å². The topological polar surface area (TPSA) is 113 Å². The van der Waals surface area contributed by atoms with Crippen LogP contribution in [0.5, 0.6) is 0 Å². The summed E-state index contributed by atoms with van der Waals surface area (Å²) in [6, 6.07) is 10.4. The number of hydrazine groups is 1.